The molecule has 1 aromatic carbocycles. The minimum absolute atomic E-state index is 0.0659. The molecule has 2 heterocycles. The van der Waals surface area contributed by atoms with Gasteiger partial charge in [0, 0.05) is 40.8 Å². The molecular formula is C24H34ClN3O. The van der Waals surface area contributed by atoms with Crippen LogP contribution in [0.3, 0.4) is 0 Å². The molecule has 1 unspecified atom stereocenters. The first-order valence-corrected chi connectivity index (χ1v) is 10.6. The monoisotopic (exact) mass is 415 g/mol. The van der Waals surface area contributed by atoms with Crippen molar-refractivity contribution >= 4 is 17.3 Å². The molecule has 1 aromatic heterocycles. The Morgan fingerprint density at radius 3 is 2.48 bits per heavy atom. The maximum absolute atomic E-state index is 12.7. The normalized spacial score (nSPS) is 13.9. The Morgan fingerprint density at radius 2 is 1.93 bits per heavy atom. The number of allylic oxidation sites excluding steroid dienone is 1. The van der Waals surface area contributed by atoms with E-state index in [4.69, 9.17) is 17.3 Å². The summed E-state index contributed by atoms with van der Waals surface area (Å²) in [6, 6.07) is 9.19. The number of halogens is 1. The highest BCUT2D eigenvalue weighted by atomic mass is 35.5. The highest BCUT2D eigenvalue weighted by Gasteiger charge is 2.25. The molecule has 1 aliphatic rings. The van der Waals surface area contributed by atoms with Crippen molar-refractivity contribution in [3.05, 3.63) is 76.5 Å². The number of aryl methyl sites for hydroxylation is 1. The lowest BCUT2D eigenvalue weighted by molar-refractivity contribution is 0.585. The summed E-state index contributed by atoms with van der Waals surface area (Å²) < 4.78 is 1.74. The molecule has 0 radical (unpaired) electrons. The number of hydrogen-bond donors (Lipinski definition) is 1. The summed E-state index contributed by atoms with van der Waals surface area (Å²) >= 11 is 6.18. The van der Waals surface area contributed by atoms with E-state index in [0.29, 0.717) is 10.7 Å². The van der Waals surface area contributed by atoms with Gasteiger partial charge in [-0.05, 0) is 48.9 Å². The molecular weight excluding hydrogens is 382 g/mol. The van der Waals surface area contributed by atoms with Crippen molar-refractivity contribution in [1.82, 2.24) is 4.57 Å². The maximum Gasteiger partial charge on any atom is 0.251 e. The first-order chi connectivity index (χ1) is 13.8. The second-order valence-corrected chi connectivity index (χ2v) is 7.17. The number of pyridine rings is 1. The van der Waals surface area contributed by atoms with Crippen LogP contribution in [0.5, 0.6) is 0 Å². The molecule has 3 rings (SSSR count). The zero-order chi connectivity index (χ0) is 22.1. The highest BCUT2D eigenvalue weighted by Crippen LogP contribution is 2.35. The summed E-state index contributed by atoms with van der Waals surface area (Å²) in [5.41, 5.74) is 9.97. The molecule has 0 amide bonds. The first-order valence-electron chi connectivity index (χ1n) is 10.2. The molecule has 0 saturated carbocycles. The van der Waals surface area contributed by atoms with Gasteiger partial charge in [0.15, 0.2) is 0 Å². The van der Waals surface area contributed by atoms with Gasteiger partial charge in [0.2, 0.25) is 0 Å². The van der Waals surface area contributed by atoms with Crippen LogP contribution in [-0.4, -0.2) is 11.6 Å². The summed E-state index contributed by atoms with van der Waals surface area (Å²) in [6.07, 6.45) is 4.58. The Hall–Kier alpha value is -2.46. The van der Waals surface area contributed by atoms with Gasteiger partial charge in [-0.3, -0.25) is 4.79 Å². The number of rotatable bonds is 4. The van der Waals surface area contributed by atoms with E-state index in [1.165, 1.54) is 6.42 Å². The van der Waals surface area contributed by atoms with E-state index in [-0.39, 0.29) is 11.6 Å². The van der Waals surface area contributed by atoms with E-state index in [9.17, 15) is 4.79 Å². The smallest absolute Gasteiger partial charge is 0.251 e. The van der Waals surface area contributed by atoms with Gasteiger partial charge in [0.25, 0.3) is 5.56 Å². The fourth-order valence-corrected chi connectivity index (χ4v) is 3.42. The zero-order valence-corrected chi connectivity index (χ0v) is 19.1. The molecule has 0 fully saturated rings. The van der Waals surface area contributed by atoms with Crippen molar-refractivity contribution in [2.75, 3.05) is 11.9 Å². The average Bonchev–Trinajstić information content (AvgIpc) is 3.14. The van der Waals surface area contributed by atoms with Gasteiger partial charge in [0.05, 0.1) is 6.04 Å². The molecule has 0 spiro atoms. The lowest BCUT2D eigenvalue weighted by Crippen LogP contribution is -2.25. The molecule has 5 heteroatoms. The molecule has 2 N–H and O–H groups in total. The standard InChI is InChI=1S/C19H20ClN3O.C3H8.C2H6/c1-4-22(3)18-7-5-14(20)11-16(18)13-9-15-6-8-17(12(2)21)23(15)19(24)10-13;1-3-2;1-2/h4-5,7,9-11,17H,1-2,6,8,21H2,3H3;3H2,1-2H3;1-2H3. The van der Waals surface area contributed by atoms with Crippen LogP contribution < -0.4 is 16.2 Å². The quantitative estimate of drug-likeness (QED) is 0.651. The van der Waals surface area contributed by atoms with Crippen LogP contribution in [0.1, 0.15) is 52.3 Å². The second kappa shape index (κ2) is 11.5. The van der Waals surface area contributed by atoms with Gasteiger partial charge in [0.1, 0.15) is 0 Å². The lowest BCUT2D eigenvalue weighted by atomic mass is 10.0. The van der Waals surface area contributed by atoms with E-state index in [1.54, 1.807) is 16.8 Å². The zero-order valence-electron chi connectivity index (χ0n) is 18.3. The topological polar surface area (TPSA) is 51.3 Å². The third-order valence-corrected chi connectivity index (χ3v) is 4.72. The molecule has 0 aliphatic carbocycles. The van der Waals surface area contributed by atoms with E-state index < -0.39 is 0 Å². The molecule has 2 aromatic rings. The summed E-state index contributed by atoms with van der Waals surface area (Å²) in [6.45, 7) is 15.9. The SMILES string of the molecule is C=CN(C)c1ccc(Cl)cc1-c1cc2n(c(=O)c1)C(C(=C)N)CC2.CC.CCC. The molecule has 0 saturated heterocycles. The first kappa shape index (κ1) is 24.6. The lowest BCUT2D eigenvalue weighted by Gasteiger charge is -2.20. The van der Waals surface area contributed by atoms with E-state index in [0.717, 1.165) is 35.3 Å². The third kappa shape index (κ3) is 5.77. The Labute approximate surface area is 180 Å². The fraction of sp³-hybridized carbons (Fsp3) is 0.375. The van der Waals surface area contributed by atoms with Crippen LogP contribution >= 0.6 is 11.6 Å². The molecule has 4 nitrogen and oxygen atoms in total. The Morgan fingerprint density at radius 1 is 1.31 bits per heavy atom. The van der Waals surface area contributed by atoms with Crippen LogP contribution in [0.15, 0.2) is 60.2 Å². The molecule has 158 valence electrons. The highest BCUT2D eigenvalue weighted by molar-refractivity contribution is 6.31. The largest absolute Gasteiger partial charge is 0.401 e. The number of benzene rings is 1. The molecule has 1 aliphatic heterocycles. The molecule has 0 bridgehead atoms. The van der Waals surface area contributed by atoms with Crippen LogP contribution in [0.2, 0.25) is 5.02 Å². The summed E-state index contributed by atoms with van der Waals surface area (Å²) in [5.74, 6) is 0. The van der Waals surface area contributed by atoms with Crippen molar-refractivity contribution in [1.29, 1.82) is 0 Å². The third-order valence-electron chi connectivity index (χ3n) is 4.49. The van der Waals surface area contributed by atoms with Crippen LogP contribution in [0.25, 0.3) is 11.1 Å². The van der Waals surface area contributed by atoms with E-state index >= 15 is 0 Å². The van der Waals surface area contributed by atoms with Gasteiger partial charge in [-0.2, -0.15) is 0 Å². The van der Waals surface area contributed by atoms with Gasteiger partial charge in [-0.15, -0.1) is 0 Å². The van der Waals surface area contributed by atoms with Gasteiger partial charge in [-0.1, -0.05) is 58.9 Å². The number of hydrogen-bond acceptors (Lipinski definition) is 3. The van der Waals surface area contributed by atoms with Crippen molar-refractivity contribution in [2.45, 2.75) is 53.0 Å². The Balaban J connectivity index is 0.000000771. The number of anilines is 1. The van der Waals surface area contributed by atoms with Crippen molar-refractivity contribution < 1.29 is 0 Å². The minimum Gasteiger partial charge on any atom is -0.401 e. The number of aromatic nitrogens is 1. The second-order valence-electron chi connectivity index (χ2n) is 6.74. The Kier molecular flexibility index (Phi) is 9.76. The van der Waals surface area contributed by atoms with Gasteiger partial charge < -0.3 is 15.2 Å². The average molecular weight is 416 g/mol. The maximum atomic E-state index is 12.7. The van der Waals surface area contributed by atoms with Crippen molar-refractivity contribution in [3.8, 4) is 11.1 Å². The predicted octanol–water partition coefficient (Wildman–Crippen LogP) is 6.15. The number of nitrogens with zero attached hydrogens (tertiary/aromatic N) is 2. The summed E-state index contributed by atoms with van der Waals surface area (Å²) in [4.78, 5) is 14.6. The molecule has 1 atom stereocenters. The van der Waals surface area contributed by atoms with E-state index in [2.05, 4.69) is 27.0 Å². The summed E-state index contributed by atoms with van der Waals surface area (Å²) in [5, 5.41) is 0.625. The van der Waals surface area contributed by atoms with E-state index in [1.807, 2.05) is 50.1 Å². The van der Waals surface area contributed by atoms with Crippen molar-refractivity contribution in [3.63, 3.8) is 0 Å². The van der Waals surface area contributed by atoms with Crippen LogP contribution in [0, 0.1) is 0 Å². The minimum atomic E-state index is -0.115. The van der Waals surface area contributed by atoms with Gasteiger partial charge >= 0.3 is 0 Å². The number of fused-ring (bicyclic) bond motifs is 1. The van der Waals surface area contributed by atoms with Crippen LogP contribution in [0.4, 0.5) is 5.69 Å². The van der Waals surface area contributed by atoms with Crippen LogP contribution in [-0.2, 0) is 6.42 Å². The van der Waals surface area contributed by atoms with Gasteiger partial charge in [-0.25, -0.2) is 0 Å². The predicted molar refractivity (Wildman–Crippen MR) is 128 cm³/mol. The number of nitrogens with two attached hydrogens (primary N) is 1. The molecule has 29 heavy (non-hydrogen) atoms. The Bertz CT molecular complexity index is 901. The summed E-state index contributed by atoms with van der Waals surface area (Å²) in [7, 11) is 1.91. The van der Waals surface area contributed by atoms with Crippen molar-refractivity contribution in [2.24, 2.45) is 5.73 Å². The fourth-order valence-electron chi connectivity index (χ4n) is 3.25.